The SMILES string of the molecule is CCNS(=O)(=O)N1CCCN(C(CC)CCN)CC1. The molecule has 0 aromatic carbocycles. The van der Waals surface area contributed by atoms with Gasteiger partial charge < -0.3 is 5.73 Å². The smallest absolute Gasteiger partial charge is 0.279 e. The summed E-state index contributed by atoms with van der Waals surface area (Å²) in [6.07, 6.45) is 2.93. The van der Waals surface area contributed by atoms with Gasteiger partial charge in [0.05, 0.1) is 0 Å². The predicted molar refractivity (Wildman–Crippen MR) is 78.1 cm³/mol. The van der Waals surface area contributed by atoms with Crippen LogP contribution in [0.1, 0.15) is 33.1 Å². The molecule has 19 heavy (non-hydrogen) atoms. The summed E-state index contributed by atoms with van der Waals surface area (Å²) in [4.78, 5) is 2.38. The van der Waals surface area contributed by atoms with E-state index in [0.29, 0.717) is 32.2 Å². The Bertz CT molecular complexity index is 348. The van der Waals surface area contributed by atoms with E-state index in [1.165, 1.54) is 0 Å². The summed E-state index contributed by atoms with van der Waals surface area (Å²) in [5.74, 6) is 0. The monoisotopic (exact) mass is 292 g/mol. The number of nitrogens with two attached hydrogens (primary N) is 1. The fraction of sp³-hybridized carbons (Fsp3) is 1.00. The fourth-order valence-electron chi connectivity index (χ4n) is 2.63. The number of hydrogen-bond acceptors (Lipinski definition) is 4. The van der Waals surface area contributed by atoms with Gasteiger partial charge in [-0.25, -0.2) is 4.72 Å². The maximum atomic E-state index is 12.0. The van der Waals surface area contributed by atoms with E-state index in [4.69, 9.17) is 5.73 Å². The van der Waals surface area contributed by atoms with Crippen LogP contribution in [0.2, 0.25) is 0 Å². The summed E-state index contributed by atoms with van der Waals surface area (Å²) in [5.41, 5.74) is 5.64. The molecule has 0 bridgehead atoms. The molecule has 0 radical (unpaired) electrons. The van der Waals surface area contributed by atoms with E-state index in [9.17, 15) is 8.42 Å². The van der Waals surface area contributed by atoms with Gasteiger partial charge in [0.1, 0.15) is 0 Å². The van der Waals surface area contributed by atoms with Crippen molar-refractivity contribution >= 4 is 10.2 Å². The summed E-state index contributed by atoms with van der Waals surface area (Å²) >= 11 is 0. The van der Waals surface area contributed by atoms with Crippen LogP contribution in [-0.2, 0) is 10.2 Å². The summed E-state index contributed by atoms with van der Waals surface area (Å²) in [6.45, 7) is 8.01. The third-order valence-corrected chi connectivity index (χ3v) is 5.34. The zero-order valence-electron chi connectivity index (χ0n) is 12.1. The molecular weight excluding hydrogens is 264 g/mol. The highest BCUT2D eigenvalue weighted by atomic mass is 32.2. The molecule has 0 saturated carbocycles. The lowest BCUT2D eigenvalue weighted by molar-refractivity contribution is 0.192. The lowest BCUT2D eigenvalue weighted by Gasteiger charge is -2.29. The normalized spacial score (nSPS) is 21.2. The molecule has 0 amide bonds. The van der Waals surface area contributed by atoms with E-state index < -0.39 is 10.2 Å². The van der Waals surface area contributed by atoms with E-state index >= 15 is 0 Å². The van der Waals surface area contributed by atoms with Crippen LogP contribution < -0.4 is 10.5 Å². The Hall–Kier alpha value is -0.210. The highest BCUT2D eigenvalue weighted by Crippen LogP contribution is 2.13. The largest absolute Gasteiger partial charge is 0.330 e. The Kier molecular flexibility index (Phi) is 7.23. The molecule has 0 aliphatic carbocycles. The van der Waals surface area contributed by atoms with Crippen LogP contribution in [0.25, 0.3) is 0 Å². The molecule has 1 unspecified atom stereocenters. The molecule has 6 nitrogen and oxygen atoms in total. The Labute approximate surface area is 117 Å². The maximum Gasteiger partial charge on any atom is 0.279 e. The predicted octanol–water partition coefficient (Wildman–Crippen LogP) is -0.0242. The number of rotatable bonds is 7. The summed E-state index contributed by atoms with van der Waals surface area (Å²) < 4.78 is 28.1. The molecule has 1 atom stereocenters. The molecule has 1 rings (SSSR count). The van der Waals surface area contributed by atoms with Gasteiger partial charge in [-0.15, -0.1) is 0 Å². The van der Waals surface area contributed by atoms with E-state index in [1.54, 1.807) is 11.2 Å². The average molecular weight is 292 g/mol. The first-order valence-electron chi connectivity index (χ1n) is 7.24. The number of nitrogens with zero attached hydrogens (tertiary/aromatic N) is 2. The van der Waals surface area contributed by atoms with Crippen LogP contribution in [0.4, 0.5) is 0 Å². The van der Waals surface area contributed by atoms with Crippen molar-refractivity contribution in [1.29, 1.82) is 0 Å². The minimum absolute atomic E-state index is 0.438. The summed E-state index contributed by atoms with van der Waals surface area (Å²) in [7, 11) is -3.29. The standard InChI is InChI=1S/C12H28N4O2S/c1-3-12(6-7-13)15-8-5-9-16(11-10-15)19(17,18)14-4-2/h12,14H,3-11,13H2,1-2H3. The van der Waals surface area contributed by atoms with Crippen molar-refractivity contribution in [2.45, 2.75) is 39.2 Å². The lowest BCUT2D eigenvalue weighted by Crippen LogP contribution is -2.43. The van der Waals surface area contributed by atoms with Crippen molar-refractivity contribution in [3.8, 4) is 0 Å². The lowest BCUT2D eigenvalue weighted by atomic mass is 10.1. The van der Waals surface area contributed by atoms with E-state index in [2.05, 4.69) is 16.5 Å². The van der Waals surface area contributed by atoms with Gasteiger partial charge >= 0.3 is 0 Å². The molecule has 1 heterocycles. The van der Waals surface area contributed by atoms with Crippen LogP contribution in [0.5, 0.6) is 0 Å². The fourth-order valence-corrected chi connectivity index (χ4v) is 3.87. The minimum atomic E-state index is -3.29. The van der Waals surface area contributed by atoms with Gasteiger partial charge in [-0.2, -0.15) is 12.7 Å². The van der Waals surface area contributed by atoms with Gasteiger partial charge in [-0.1, -0.05) is 13.8 Å². The molecule has 7 heteroatoms. The van der Waals surface area contributed by atoms with Crippen LogP contribution >= 0.6 is 0 Å². The van der Waals surface area contributed by atoms with Crippen molar-refractivity contribution in [3.05, 3.63) is 0 Å². The van der Waals surface area contributed by atoms with Gasteiger partial charge in [0.15, 0.2) is 0 Å². The van der Waals surface area contributed by atoms with Gasteiger partial charge in [0.2, 0.25) is 0 Å². The van der Waals surface area contributed by atoms with E-state index in [0.717, 1.165) is 32.4 Å². The highest BCUT2D eigenvalue weighted by molar-refractivity contribution is 7.87. The Morgan fingerprint density at radius 1 is 1.21 bits per heavy atom. The second-order valence-corrected chi connectivity index (χ2v) is 6.69. The van der Waals surface area contributed by atoms with Gasteiger partial charge in [-0.3, -0.25) is 4.90 Å². The Balaban J connectivity index is 2.60. The first-order valence-corrected chi connectivity index (χ1v) is 8.68. The topological polar surface area (TPSA) is 78.7 Å². The van der Waals surface area contributed by atoms with Gasteiger partial charge in [0.25, 0.3) is 10.2 Å². The zero-order valence-corrected chi connectivity index (χ0v) is 13.0. The average Bonchev–Trinajstić information content (AvgIpc) is 2.62. The third-order valence-electron chi connectivity index (χ3n) is 3.64. The van der Waals surface area contributed by atoms with Crippen molar-refractivity contribution < 1.29 is 8.42 Å². The first kappa shape index (κ1) is 16.8. The third kappa shape index (κ3) is 5.00. The van der Waals surface area contributed by atoms with Crippen molar-refractivity contribution in [3.63, 3.8) is 0 Å². The van der Waals surface area contributed by atoms with Crippen molar-refractivity contribution in [1.82, 2.24) is 13.9 Å². The van der Waals surface area contributed by atoms with Crippen LogP contribution in [0.3, 0.4) is 0 Å². The Morgan fingerprint density at radius 3 is 2.53 bits per heavy atom. The molecule has 3 N–H and O–H groups in total. The molecule has 1 aliphatic rings. The molecule has 0 aromatic heterocycles. The van der Waals surface area contributed by atoms with Crippen molar-refractivity contribution in [2.24, 2.45) is 5.73 Å². The van der Waals surface area contributed by atoms with Crippen LogP contribution in [0.15, 0.2) is 0 Å². The van der Waals surface area contributed by atoms with E-state index in [-0.39, 0.29) is 0 Å². The summed E-state index contributed by atoms with van der Waals surface area (Å²) in [6, 6.07) is 0.479. The number of hydrogen-bond donors (Lipinski definition) is 2. The van der Waals surface area contributed by atoms with E-state index in [1.807, 2.05) is 0 Å². The molecule has 1 fully saturated rings. The summed E-state index contributed by atoms with van der Waals surface area (Å²) in [5, 5.41) is 0. The van der Waals surface area contributed by atoms with Gasteiger partial charge in [0, 0.05) is 32.2 Å². The maximum absolute atomic E-state index is 12.0. The number of nitrogens with one attached hydrogen (secondary N) is 1. The molecular formula is C12H28N4O2S. The first-order chi connectivity index (χ1) is 9.05. The van der Waals surface area contributed by atoms with Crippen LogP contribution in [0, 0.1) is 0 Å². The van der Waals surface area contributed by atoms with Crippen LogP contribution in [-0.4, -0.2) is 62.9 Å². The molecule has 0 spiro atoms. The minimum Gasteiger partial charge on any atom is -0.330 e. The molecule has 0 aromatic rings. The highest BCUT2D eigenvalue weighted by Gasteiger charge is 2.26. The second kappa shape index (κ2) is 8.16. The van der Waals surface area contributed by atoms with Gasteiger partial charge in [-0.05, 0) is 32.4 Å². The molecule has 114 valence electrons. The molecule has 1 aliphatic heterocycles. The second-order valence-electron chi connectivity index (χ2n) is 4.93. The molecule has 1 saturated heterocycles. The van der Waals surface area contributed by atoms with Crippen molar-refractivity contribution in [2.75, 3.05) is 39.3 Å². The zero-order chi connectivity index (χ0) is 14.3. The quantitative estimate of drug-likeness (QED) is 0.691. The Morgan fingerprint density at radius 2 is 1.95 bits per heavy atom.